The monoisotopic (exact) mass is 493 g/mol. The summed E-state index contributed by atoms with van der Waals surface area (Å²) in [4.78, 5) is 45.4. The third-order valence-corrected chi connectivity index (χ3v) is 7.28. The number of hydrogen-bond donors (Lipinski definition) is 0. The van der Waals surface area contributed by atoms with Gasteiger partial charge in [0.05, 0.1) is 42.1 Å². The highest BCUT2D eigenvalue weighted by Gasteiger charge is 2.35. The van der Waals surface area contributed by atoms with Crippen LogP contribution in [0.1, 0.15) is 54.6 Å². The van der Waals surface area contributed by atoms with E-state index in [0.717, 1.165) is 37.8 Å². The number of esters is 1. The topological polar surface area (TPSA) is 94.6 Å². The number of allylic oxidation sites excluding steroid dienone is 2. The van der Waals surface area contributed by atoms with E-state index >= 15 is 0 Å². The first-order chi connectivity index (χ1) is 17.0. The highest BCUT2D eigenvalue weighted by atomic mass is 32.2. The molecule has 2 aromatic heterocycles. The Kier molecular flexibility index (Phi) is 6.77. The molecule has 0 aliphatic heterocycles. The summed E-state index contributed by atoms with van der Waals surface area (Å²) < 4.78 is 11.8. The fourth-order valence-corrected chi connectivity index (χ4v) is 5.28. The highest BCUT2D eigenvalue weighted by molar-refractivity contribution is 7.99. The van der Waals surface area contributed by atoms with Crippen LogP contribution in [0.25, 0.3) is 10.9 Å². The van der Waals surface area contributed by atoms with Crippen LogP contribution in [0, 0.1) is 0 Å². The largest absolute Gasteiger partial charge is 0.467 e. The van der Waals surface area contributed by atoms with Crippen LogP contribution in [0.4, 0.5) is 0 Å². The molecule has 0 atom stereocenters. The Labute approximate surface area is 207 Å². The van der Waals surface area contributed by atoms with Crippen LogP contribution in [-0.4, -0.2) is 45.2 Å². The number of fused-ring (bicyclic) bond motifs is 1. The van der Waals surface area contributed by atoms with Crippen molar-refractivity contribution in [3.8, 4) is 0 Å². The molecule has 1 saturated carbocycles. The Morgan fingerprint density at radius 3 is 2.80 bits per heavy atom. The zero-order valence-corrected chi connectivity index (χ0v) is 20.4. The minimum Gasteiger partial charge on any atom is -0.467 e. The first-order valence-electron chi connectivity index (χ1n) is 11.8. The second-order valence-electron chi connectivity index (χ2n) is 8.81. The van der Waals surface area contributed by atoms with Gasteiger partial charge in [-0.05, 0) is 68.9 Å². The summed E-state index contributed by atoms with van der Waals surface area (Å²) in [5.74, 6) is 0.312. The average Bonchev–Trinajstić information content (AvgIpc) is 3.58. The van der Waals surface area contributed by atoms with Crippen molar-refractivity contribution >= 4 is 34.5 Å². The highest BCUT2D eigenvalue weighted by Crippen LogP contribution is 2.34. The van der Waals surface area contributed by atoms with E-state index in [9.17, 15) is 14.4 Å². The Hall–Kier alpha value is -3.33. The Balaban J connectivity index is 1.47. The molecule has 0 radical (unpaired) electrons. The predicted molar refractivity (Wildman–Crippen MR) is 132 cm³/mol. The fraction of sp³-hybridized carbons (Fsp3) is 0.385. The van der Waals surface area contributed by atoms with Crippen LogP contribution in [0.15, 0.2) is 62.7 Å². The third kappa shape index (κ3) is 5.05. The van der Waals surface area contributed by atoms with Gasteiger partial charge in [-0.3, -0.25) is 14.2 Å². The molecule has 1 aromatic carbocycles. The number of thioether (sulfide) groups is 1. The van der Waals surface area contributed by atoms with Crippen LogP contribution in [-0.2, 0) is 16.1 Å². The zero-order valence-electron chi connectivity index (χ0n) is 19.6. The molecule has 0 saturated heterocycles. The molecular weight excluding hydrogens is 466 g/mol. The maximum atomic E-state index is 13.4. The lowest BCUT2D eigenvalue weighted by molar-refractivity contribution is -0.127. The van der Waals surface area contributed by atoms with Crippen LogP contribution in [0.2, 0.25) is 0 Å². The molecular formula is C26H27N3O5S. The summed E-state index contributed by atoms with van der Waals surface area (Å²) in [6.07, 6.45) is 10.0. The van der Waals surface area contributed by atoms with E-state index in [-0.39, 0.29) is 29.8 Å². The summed E-state index contributed by atoms with van der Waals surface area (Å²) in [6.45, 7) is 0.196. The van der Waals surface area contributed by atoms with Crippen molar-refractivity contribution in [1.29, 1.82) is 0 Å². The van der Waals surface area contributed by atoms with Crippen molar-refractivity contribution in [3.05, 3.63) is 70.0 Å². The predicted octanol–water partition coefficient (Wildman–Crippen LogP) is 4.37. The third-order valence-electron chi connectivity index (χ3n) is 6.32. The minimum absolute atomic E-state index is 0.0351. The molecule has 182 valence electrons. The Morgan fingerprint density at radius 1 is 1.26 bits per heavy atom. The standard InChI is InChI=1S/C26H27N3O5S/c1-33-25(32)17-9-12-21-22(14-17)27-26(28(24(21)31)15-20-8-5-13-34-20)35-16-23(30)29(19-10-11-19)18-6-3-2-4-7-18/h5-6,8-9,12-14,19H,2-4,7,10-11,15-16H2,1H3. The van der Waals surface area contributed by atoms with E-state index in [1.54, 1.807) is 36.6 Å². The first-order valence-corrected chi connectivity index (χ1v) is 12.8. The lowest BCUT2D eigenvalue weighted by Crippen LogP contribution is -2.34. The number of benzene rings is 1. The van der Waals surface area contributed by atoms with Crippen molar-refractivity contribution in [2.24, 2.45) is 0 Å². The fourth-order valence-electron chi connectivity index (χ4n) is 4.42. The SMILES string of the molecule is COC(=O)c1ccc2c(=O)n(Cc3ccco3)c(SCC(=O)N(C3=CCCCC3)C3CC3)nc2c1. The number of amides is 1. The van der Waals surface area contributed by atoms with E-state index in [1.807, 2.05) is 4.90 Å². The van der Waals surface area contributed by atoms with E-state index in [1.165, 1.54) is 29.9 Å². The molecule has 0 N–H and O–H groups in total. The van der Waals surface area contributed by atoms with Gasteiger partial charge in [0.1, 0.15) is 5.76 Å². The number of methoxy groups -OCH3 is 1. The smallest absolute Gasteiger partial charge is 0.337 e. The Bertz CT molecular complexity index is 1340. The number of ether oxygens (including phenoxy) is 1. The van der Waals surface area contributed by atoms with E-state index in [4.69, 9.17) is 9.15 Å². The number of rotatable bonds is 8. The van der Waals surface area contributed by atoms with Gasteiger partial charge in [-0.2, -0.15) is 0 Å². The number of aromatic nitrogens is 2. The quantitative estimate of drug-likeness (QED) is 0.261. The molecule has 1 amide bonds. The van der Waals surface area contributed by atoms with Gasteiger partial charge >= 0.3 is 5.97 Å². The summed E-state index contributed by atoms with van der Waals surface area (Å²) >= 11 is 1.24. The van der Waals surface area contributed by atoms with E-state index in [0.29, 0.717) is 27.4 Å². The molecule has 2 aliphatic rings. The average molecular weight is 494 g/mol. The molecule has 5 rings (SSSR count). The number of carbonyl (C=O) groups excluding carboxylic acids is 2. The molecule has 0 spiro atoms. The van der Waals surface area contributed by atoms with Gasteiger partial charge < -0.3 is 14.1 Å². The zero-order chi connectivity index (χ0) is 24.4. The normalized spacial score (nSPS) is 15.6. The molecule has 9 heteroatoms. The van der Waals surface area contributed by atoms with Gasteiger partial charge in [-0.25, -0.2) is 9.78 Å². The number of hydrogen-bond acceptors (Lipinski definition) is 7. The van der Waals surface area contributed by atoms with Crippen molar-refractivity contribution < 1.29 is 18.7 Å². The van der Waals surface area contributed by atoms with Gasteiger partial charge in [0.15, 0.2) is 5.16 Å². The summed E-state index contributed by atoms with van der Waals surface area (Å²) in [6, 6.07) is 8.52. The number of nitrogens with zero attached hydrogens (tertiary/aromatic N) is 3. The maximum absolute atomic E-state index is 13.4. The molecule has 1 fully saturated rings. The first kappa shape index (κ1) is 23.4. The molecule has 3 aromatic rings. The van der Waals surface area contributed by atoms with Crippen LogP contribution in [0.5, 0.6) is 0 Å². The number of carbonyl (C=O) groups is 2. The van der Waals surface area contributed by atoms with Gasteiger partial charge in [0.2, 0.25) is 5.91 Å². The van der Waals surface area contributed by atoms with Crippen molar-refractivity contribution in [3.63, 3.8) is 0 Å². The Morgan fingerprint density at radius 2 is 2.11 bits per heavy atom. The van der Waals surface area contributed by atoms with Crippen molar-refractivity contribution in [2.45, 2.75) is 56.3 Å². The van der Waals surface area contributed by atoms with Crippen LogP contribution < -0.4 is 5.56 Å². The molecule has 0 bridgehead atoms. The summed E-state index contributed by atoms with van der Waals surface area (Å²) in [5.41, 5.74) is 1.57. The lowest BCUT2D eigenvalue weighted by Gasteiger charge is -2.27. The second-order valence-corrected chi connectivity index (χ2v) is 9.76. The van der Waals surface area contributed by atoms with Gasteiger partial charge in [-0.15, -0.1) is 0 Å². The minimum atomic E-state index is -0.501. The summed E-state index contributed by atoms with van der Waals surface area (Å²) in [7, 11) is 1.31. The van der Waals surface area contributed by atoms with Gasteiger partial charge in [0.25, 0.3) is 5.56 Å². The van der Waals surface area contributed by atoms with Crippen molar-refractivity contribution in [1.82, 2.24) is 14.5 Å². The molecule has 2 aliphatic carbocycles. The van der Waals surface area contributed by atoms with Crippen LogP contribution in [0.3, 0.4) is 0 Å². The lowest BCUT2D eigenvalue weighted by atomic mass is 10.0. The van der Waals surface area contributed by atoms with Crippen LogP contribution >= 0.6 is 11.8 Å². The van der Waals surface area contributed by atoms with Gasteiger partial charge in [-0.1, -0.05) is 17.8 Å². The number of furan rings is 1. The molecule has 35 heavy (non-hydrogen) atoms. The second kappa shape index (κ2) is 10.1. The summed E-state index contributed by atoms with van der Waals surface area (Å²) in [5, 5.41) is 0.787. The van der Waals surface area contributed by atoms with E-state index in [2.05, 4.69) is 11.1 Å². The molecule has 2 heterocycles. The molecule has 0 unspecified atom stereocenters. The van der Waals surface area contributed by atoms with Gasteiger partial charge in [0, 0.05) is 11.7 Å². The van der Waals surface area contributed by atoms with E-state index < -0.39 is 5.97 Å². The maximum Gasteiger partial charge on any atom is 0.337 e. The molecule has 8 nitrogen and oxygen atoms in total. The van der Waals surface area contributed by atoms with Crippen molar-refractivity contribution in [2.75, 3.05) is 12.9 Å².